The number of nitrogens with zero attached hydrogens (tertiary/aromatic N) is 3. The van der Waals surface area contributed by atoms with Crippen LogP contribution in [0.5, 0.6) is 0 Å². The summed E-state index contributed by atoms with van der Waals surface area (Å²) in [6.45, 7) is 5.84. The fourth-order valence-electron chi connectivity index (χ4n) is 4.25. The molecule has 3 aromatic rings. The van der Waals surface area contributed by atoms with E-state index in [1.807, 2.05) is 37.6 Å². The summed E-state index contributed by atoms with van der Waals surface area (Å²) in [6, 6.07) is 3.76. The molecule has 1 aromatic carbocycles. The monoisotopic (exact) mass is 471 g/mol. The minimum absolute atomic E-state index is 0.0469. The molecule has 1 aliphatic rings. The van der Waals surface area contributed by atoms with Crippen LogP contribution >= 0.6 is 11.6 Å². The molecule has 33 heavy (non-hydrogen) atoms. The lowest BCUT2D eigenvalue weighted by Crippen LogP contribution is -2.44. The molecule has 1 aliphatic heterocycles. The van der Waals surface area contributed by atoms with Crippen LogP contribution in [-0.4, -0.2) is 72.3 Å². The number of fused-ring (bicyclic) bond motifs is 1. The van der Waals surface area contributed by atoms with E-state index in [4.69, 9.17) is 21.1 Å². The van der Waals surface area contributed by atoms with Crippen molar-refractivity contribution in [3.8, 4) is 0 Å². The average molecular weight is 472 g/mol. The lowest BCUT2D eigenvalue weighted by molar-refractivity contribution is 0.0161. The Labute approximate surface area is 198 Å². The quantitative estimate of drug-likeness (QED) is 0.465. The van der Waals surface area contributed by atoms with Gasteiger partial charge in [0.05, 0.1) is 35.4 Å². The summed E-state index contributed by atoms with van der Waals surface area (Å²) in [5, 5.41) is 4.42. The Bertz CT molecular complexity index is 1080. The van der Waals surface area contributed by atoms with Crippen LogP contribution < -0.4 is 5.32 Å². The molecule has 3 heterocycles. The third kappa shape index (κ3) is 5.52. The molecular weight excluding hydrogens is 442 g/mol. The third-order valence-corrected chi connectivity index (χ3v) is 6.43. The van der Waals surface area contributed by atoms with Gasteiger partial charge in [-0.15, -0.1) is 0 Å². The topological polar surface area (TPSA) is 92.4 Å². The van der Waals surface area contributed by atoms with Gasteiger partial charge in [-0.3, -0.25) is 9.69 Å². The molecule has 4 rings (SSSR count). The molecule has 1 amide bonds. The zero-order chi connectivity index (χ0) is 23.2. The number of aromatic amines is 1. The number of hydrogen-bond acceptors (Lipinski definition) is 6. The van der Waals surface area contributed by atoms with Gasteiger partial charge in [0.25, 0.3) is 5.91 Å². The van der Waals surface area contributed by atoms with Crippen molar-refractivity contribution in [3.63, 3.8) is 0 Å². The molecular formula is C24H30ClN5O3. The van der Waals surface area contributed by atoms with E-state index < -0.39 is 0 Å². The Morgan fingerprint density at radius 2 is 2.09 bits per heavy atom. The first-order chi connectivity index (χ1) is 16.1. The number of carbonyl (C=O) groups excluding carboxylic acids is 1. The first-order valence-corrected chi connectivity index (χ1v) is 11.6. The fourth-order valence-corrected chi connectivity index (χ4v) is 4.55. The van der Waals surface area contributed by atoms with Gasteiger partial charge in [-0.2, -0.15) is 0 Å². The number of amides is 1. The van der Waals surface area contributed by atoms with Gasteiger partial charge in [-0.25, -0.2) is 9.97 Å². The molecule has 8 nitrogen and oxygen atoms in total. The van der Waals surface area contributed by atoms with Crippen molar-refractivity contribution >= 4 is 28.4 Å². The Hall–Kier alpha value is -2.52. The van der Waals surface area contributed by atoms with E-state index in [-0.39, 0.29) is 11.9 Å². The van der Waals surface area contributed by atoms with Gasteiger partial charge in [0, 0.05) is 62.9 Å². The summed E-state index contributed by atoms with van der Waals surface area (Å²) >= 11 is 6.66. The Balaban J connectivity index is 1.55. The number of halogens is 1. The summed E-state index contributed by atoms with van der Waals surface area (Å²) in [6.07, 6.45) is 7.17. The normalized spacial score (nSPS) is 15.6. The zero-order valence-electron chi connectivity index (χ0n) is 19.1. The number of carbonyl (C=O) groups is 1. The second kappa shape index (κ2) is 11.1. The first kappa shape index (κ1) is 23.6. The molecule has 0 saturated carbocycles. The van der Waals surface area contributed by atoms with Crippen LogP contribution in [0.2, 0.25) is 5.02 Å². The lowest BCUT2D eigenvalue weighted by Gasteiger charge is -2.34. The lowest BCUT2D eigenvalue weighted by atomic mass is 10.0. The van der Waals surface area contributed by atoms with E-state index in [2.05, 4.69) is 25.2 Å². The van der Waals surface area contributed by atoms with E-state index in [9.17, 15) is 4.79 Å². The van der Waals surface area contributed by atoms with Crippen molar-refractivity contribution < 1.29 is 14.3 Å². The van der Waals surface area contributed by atoms with Crippen LogP contribution in [0.3, 0.4) is 0 Å². The summed E-state index contributed by atoms with van der Waals surface area (Å²) < 4.78 is 10.7. The molecule has 0 spiro atoms. The maximum atomic E-state index is 13.3. The summed E-state index contributed by atoms with van der Waals surface area (Å²) in [5.41, 5.74) is 3.47. The van der Waals surface area contributed by atoms with Crippen molar-refractivity contribution in [1.82, 2.24) is 25.2 Å². The van der Waals surface area contributed by atoms with E-state index in [1.165, 1.54) is 0 Å². The Morgan fingerprint density at radius 3 is 2.82 bits per heavy atom. The minimum atomic E-state index is -0.192. The van der Waals surface area contributed by atoms with Crippen LogP contribution in [0.4, 0.5) is 0 Å². The summed E-state index contributed by atoms with van der Waals surface area (Å²) in [5.74, 6) is 0.526. The highest BCUT2D eigenvalue weighted by Gasteiger charge is 2.25. The van der Waals surface area contributed by atoms with Crippen molar-refractivity contribution in [2.24, 2.45) is 0 Å². The zero-order valence-corrected chi connectivity index (χ0v) is 19.8. The van der Waals surface area contributed by atoms with Gasteiger partial charge in [0.15, 0.2) is 0 Å². The molecule has 9 heteroatoms. The highest BCUT2D eigenvalue weighted by molar-refractivity contribution is 6.38. The second-order valence-corrected chi connectivity index (χ2v) is 8.58. The highest BCUT2D eigenvalue weighted by atomic mass is 35.5. The molecule has 2 N–H and O–H groups in total. The van der Waals surface area contributed by atoms with Crippen molar-refractivity contribution in [2.45, 2.75) is 25.8 Å². The number of H-pyrrole nitrogens is 1. The number of benzene rings is 1. The standard InChI is InChI=1S/C24H30ClN5O3/c1-16-27-13-18(14-28-16)21(30-7-10-33-11-8-30)15-29-24(31)20-12-17(4-3-9-32-2)23-19(22(20)25)5-6-26-23/h5-6,12-14,21,26H,3-4,7-11,15H2,1-2H3,(H,29,31). The number of aryl methyl sites for hydroxylation is 2. The predicted molar refractivity (Wildman–Crippen MR) is 128 cm³/mol. The number of hydrogen-bond donors (Lipinski definition) is 2. The summed E-state index contributed by atoms with van der Waals surface area (Å²) in [7, 11) is 1.69. The highest BCUT2D eigenvalue weighted by Crippen LogP contribution is 2.31. The molecule has 0 aliphatic carbocycles. The van der Waals surface area contributed by atoms with Crippen LogP contribution in [0.25, 0.3) is 10.9 Å². The van der Waals surface area contributed by atoms with Gasteiger partial charge >= 0.3 is 0 Å². The van der Waals surface area contributed by atoms with Crippen LogP contribution in [-0.2, 0) is 15.9 Å². The Kier molecular flexibility index (Phi) is 7.93. The predicted octanol–water partition coefficient (Wildman–Crippen LogP) is 3.30. The third-order valence-electron chi connectivity index (χ3n) is 6.03. The number of nitrogens with one attached hydrogen (secondary N) is 2. The maximum absolute atomic E-state index is 13.3. The molecule has 0 radical (unpaired) electrons. The molecule has 0 bridgehead atoms. The van der Waals surface area contributed by atoms with Gasteiger partial charge < -0.3 is 19.8 Å². The largest absolute Gasteiger partial charge is 0.385 e. The van der Waals surface area contributed by atoms with Gasteiger partial charge in [-0.05, 0) is 37.5 Å². The number of ether oxygens (including phenoxy) is 2. The van der Waals surface area contributed by atoms with Crippen LogP contribution in [0, 0.1) is 6.92 Å². The van der Waals surface area contributed by atoms with E-state index in [0.29, 0.717) is 37.0 Å². The molecule has 1 fully saturated rings. The van der Waals surface area contributed by atoms with Gasteiger partial charge in [-0.1, -0.05) is 11.6 Å². The molecule has 1 unspecified atom stereocenters. The number of morpholine rings is 1. The first-order valence-electron chi connectivity index (χ1n) is 11.2. The van der Waals surface area contributed by atoms with Crippen LogP contribution in [0.15, 0.2) is 30.7 Å². The SMILES string of the molecule is COCCCc1cc(C(=O)NCC(c2cnc(C)nc2)N2CCOCC2)c(Cl)c2cc[nH]c12. The van der Waals surface area contributed by atoms with Crippen LogP contribution in [0.1, 0.15) is 39.8 Å². The Morgan fingerprint density at radius 1 is 1.33 bits per heavy atom. The minimum Gasteiger partial charge on any atom is -0.385 e. The fraction of sp³-hybridized carbons (Fsp3) is 0.458. The van der Waals surface area contributed by atoms with E-state index >= 15 is 0 Å². The number of methoxy groups -OCH3 is 1. The molecule has 1 atom stereocenters. The van der Waals surface area contributed by atoms with Gasteiger partial charge in [0.1, 0.15) is 5.82 Å². The van der Waals surface area contributed by atoms with E-state index in [1.54, 1.807) is 7.11 Å². The van der Waals surface area contributed by atoms with Crippen molar-refractivity contribution in [2.75, 3.05) is 46.6 Å². The molecule has 1 saturated heterocycles. The summed E-state index contributed by atoms with van der Waals surface area (Å²) in [4.78, 5) is 27.5. The number of rotatable bonds is 9. The van der Waals surface area contributed by atoms with Gasteiger partial charge in [0.2, 0.25) is 0 Å². The smallest absolute Gasteiger partial charge is 0.252 e. The van der Waals surface area contributed by atoms with E-state index in [0.717, 1.165) is 53.8 Å². The molecule has 176 valence electrons. The van der Waals surface area contributed by atoms with Crippen molar-refractivity contribution in [1.29, 1.82) is 0 Å². The second-order valence-electron chi connectivity index (χ2n) is 8.20. The number of aromatic nitrogens is 3. The molecule has 2 aromatic heterocycles. The van der Waals surface area contributed by atoms with Crippen molar-refractivity contribution in [3.05, 3.63) is 58.3 Å². The average Bonchev–Trinajstić information content (AvgIpc) is 3.33. The maximum Gasteiger partial charge on any atom is 0.252 e.